The number of carbonyl (C=O) groups excluding carboxylic acids is 2. The molecule has 4 N–H and O–H groups in total. The molecule has 11 heteroatoms. The van der Waals surface area contributed by atoms with Crippen molar-refractivity contribution in [2.24, 2.45) is 0 Å². The van der Waals surface area contributed by atoms with Crippen LogP contribution in [0.25, 0.3) is 0 Å². The lowest BCUT2D eigenvalue weighted by molar-refractivity contribution is -0.384. The van der Waals surface area contributed by atoms with E-state index in [1.54, 1.807) is 24.3 Å². The van der Waals surface area contributed by atoms with Crippen molar-refractivity contribution in [3.63, 3.8) is 0 Å². The molecule has 0 aromatic heterocycles. The summed E-state index contributed by atoms with van der Waals surface area (Å²) in [5, 5.41) is 34.5. The highest BCUT2D eigenvalue weighted by atomic mass is 32.2. The van der Waals surface area contributed by atoms with E-state index in [4.69, 9.17) is 5.11 Å². The van der Waals surface area contributed by atoms with Crippen LogP contribution in [0.1, 0.15) is 34.1 Å². The number of phenols is 1. The molecule has 0 spiro atoms. The molecular weight excluding hydrogens is 474 g/mol. The van der Waals surface area contributed by atoms with Gasteiger partial charge in [-0.1, -0.05) is 19.1 Å². The molecule has 1 atom stereocenters. The second-order valence-electron chi connectivity index (χ2n) is 7.33. The van der Waals surface area contributed by atoms with Gasteiger partial charge in [0.05, 0.1) is 10.2 Å². The molecule has 2 amide bonds. The Kier molecular flexibility index (Phi) is 8.05. The summed E-state index contributed by atoms with van der Waals surface area (Å²) in [5.74, 6) is -2.59. The Morgan fingerprint density at radius 2 is 1.71 bits per heavy atom. The summed E-state index contributed by atoms with van der Waals surface area (Å²) in [5.41, 5.74) is 0.310. The summed E-state index contributed by atoms with van der Waals surface area (Å²) in [6, 6.07) is 16.0. The fourth-order valence-corrected chi connectivity index (χ4v) is 4.12. The number of carboxylic acid groups (broad SMARTS) is 1. The number of aromatic hydroxyl groups is 1. The number of non-ortho nitro benzene ring substituents is 1. The second-order valence-corrected chi connectivity index (χ2v) is 8.61. The predicted octanol–water partition coefficient (Wildman–Crippen LogP) is 4.76. The molecule has 180 valence electrons. The van der Waals surface area contributed by atoms with Gasteiger partial charge in [-0.2, -0.15) is 0 Å². The third kappa shape index (κ3) is 6.58. The van der Waals surface area contributed by atoms with Gasteiger partial charge in [0.2, 0.25) is 5.91 Å². The fourth-order valence-electron chi connectivity index (χ4n) is 3.11. The number of thioether (sulfide) groups is 1. The van der Waals surface area contributed by atoms with E-state index < -0.39 is 27.8 Å². The van der Waals surface area contributed by atoms with Crippen LogP contribution in [0.4, 0.5) is 17.1 Å². The lowest BCUT2D eigenvalue weighted by atomic mass is 10.1. The molecule has 0 saturated heterocycles. The third-order valence-electron chi connectivity index (χ3n) is 4.85. The molecule has 1 unspecified atom stereocenters. The van der Waals surface area contributed by atoms with Crippen molar-refractivity contribution < 1.29 is 29.5 Å². The highest BCUT2D eigenvalue weighted by molar-refractivity contribution is 8.00. The maximum atomic E-state index is 12.8. The van der Waals surface area contributed by atoms with E-state index in [-0.39, 0.29) is 28.4 Å². The Morgan fingerprint density at radius 3 is 2.40 bits per heavy atom. The minimum atomic E-state index is -1.32. The number of nitro benzene ring substituents is 1. The smallest absolute Gasteiger partial charge is 0.339 e. The number of hydrogen-bond donors (Lipinski definition) is 4. The van der Waals surface area contributed by atoms with E-state index in [1.165, 1.54) is 54.2 Å². The first-order valence-corrected chi connectivity index (χ1v) is 11.3. The van der Waals surface area contributed by atoms with E-state index in [0.717, 1.165) is 0 Å². The summed E-state index contributed by atoms with van der Waals surface area (Å²) in [6.07, 6.45) is 0.463. The second kappa shape index (κ2) is 11.2. The largest absolute Gasteiger partial charge is 0.507 e. The lowest BCUT2D eigenvalue weighted by Gasteiger charge is -2.16. The number of nitrogens with one attached hydrogen (secondary N) is 2. The van der Waals surface area contributed by atoms with Gasteiger partial charge >= 0.3 is 5.97 Å². The van der Waals surface area contributed by atoms with Gasteiger partial charge in [-0.15, -0.1) is 11.8 Å². The number of rotatable bonds is 9. The Hall–Kier alpha value is -4.38. The first-order chi connectivity index (χ1) is 16.7. The van der Waals surface area contributed by atoms with Gasteiger partial charge in [-0.3, -0.25) is 19.7 Å². The minimum Gasteiger partial charge on any atom is -0.507 e. The zero-order valence-electron chi connectivity index (χ0n) is 18.4. The molecule has 0 heterocycles. The van der Waals surface area contributed by atoms with Crippen molar-refractivity contribution in [3.05, 3.63) is 88.0 Å². The zero-order chi connectivity index (χ0) is 25.5. The highest BCUT2D eigenvalue weighted by Gasteiger charge is 2.20. The molecule has 0 fully saturated rings. The molecule has 35 heavy (non-hydrogen) atoms. The Morgan fingerprint density at radius 1 is 1.00 bits per heavy atom. The fraction of sp³-hybridized carbons (Fsp3) is 0.125. The van der Waals surface area contributed by atoms with Crippen molar-refractivity contribution >= 4 is 46.6 Å². The summed E-state index contributed by atoms with van der Waals surface area (Å²) in [4.78, 5) is 47.6. The normalized spacial score (nSPS) is 11.3. The number of benzene rings is 3. The van der Waals surface area contributed by atoms with Crippen LogP contribution in [0.3, 0.4) is 0 Å². The van der Waals surface area contributed by atoms with Crippen molar-refractivity contribution in [1.82, 2.24) is 0 Å². The predicted molar refractivity (Wildman–Crippen MR) is 131 cm³/mol. The number of amides is 2. The Balaban J connectivity index is 1.69. The number of nitrogens with zero attached hydrogens (tertiary/aromatic N) is 1. The molecule has 3 aromatic rings. The molecular formula is C24H21N3O7S. The van der Waals surface area contributed by atoms with Crippen LogP contribution in [0.2, 0.25) is 0 Å². The van der Waals surface area contributed by atoms with Crippen LogP contribution in [-0.4, -0.2) is 38.2 Å². The Labute approximate surface area is 204 Å². The van der Waals surface area contributed by atoms with E-state index >= 15 is 0 Å². The number of carbonyl (C=O) groups is 3. The number of anilines is 2. The van der Waals surface area contributed by atoms with E-state index in [2.05, 4.69) is 10.6 Å². The number of aromatic carboxylic acids is 1. The monoisotopic (exact) mass is 495 g/mol. The lowest BCUT2D eigenvalue weighted by Crippen LogP contribution is -2.24. The minimum absolute atomic E-state index is 0.137. The number of hydrogen-bond acceptors (Lipinski definition) is 7. The average Bonchev–Trinajstić information content (AvgIpc) is 2.83. The molecule has 0 bridgehead atoms. The van der Waals surface area contributed by atoms with Crippen LogP contribution >= 0.6 is 11.8 Å². The van der Waals surface area contributed by atoms with Crippen LogP contribution in [0, 0.1) is 10.1 Å². The van der Waals surface area contributed by atoms with E-state index in [1.807, 2.05) is 6.92 Å². The maximum absolute atomic E-state index is 12.8. The standard InChI is InChI=1S/C24H21N3O7S/c1-2-21(23(30)26-16-9-10-20(28)19(13-16)24(31)32)35-18-8-4-6-15(12-18)25-22(29)14-5-3-7-17(11-14)27(33)34/h3-13,21,28H,2H2,1H3,(H,25,29)(H,26,30)(H,31,32). The van der Waals surface area contributed by atoms with E-state index in [0.29, 0.717) is 17.0 Å². The number of carboxylic acids is 1. The molecule has 0 aliphatic heterocycles. The Bertz CT molecular complexity index is 1300. The molecule has 3 rings (SSSR count). The van der Waals surface area contributed by atoms with Gasteiger partial charge in [0.15, 0.2) is 0 Å². The highest BCUT2D eigenvalue weighted by Crippen LogP contribution is 2.29. The molecule has 0 radical (unpaired) electrons. The van der Waals surface area contributed by atoms with Gasteiger partial charge in [0.1, 0.15) is 11.3 Å². The van der Waals surface area contributed by atoms with Crippen LogP contribution in [-0.2, 0) is 4.79 Å². The van der Waals surface area contributed by atoms with Gasteiger partial charge in [-0.05, 0) is 48.9 Å². The summed E-state index contributed by atoms with van der Waals surface area (Å²) in [6.45, 7) is 1.82. The van der Waals surface area contributed by atoms with Crippen LogP contribution in [0.15, 0.2) is 71.6 Å². The van der Waals surface area contributed by atoms with E-state index in [9.17, 15) is 29.6 Å². The van der Waals surface area contributed by atoms with Crippen molar-refractivity contribution in [2.75, 3.05) is 10.6 Å². The van der Waals surface area contributed by atoms with Gasteiger partial charge in [0.25, 0.3) is 11.6 Å². The van der Waals surface area contributed by atoms with Gasteiger partial charge in [-0.25, -0.2) is 4.79 Å². The van der Waals surface area contributed by atoms with Crippen molar-refractivity contribution in [3.8, 4) is 5.75 Å². The molecule has 10 nitrogen and oxygen atoms in total. The molecule has 3 aromatic carbocycles. The quantitative estimate of drug-likeness (QED) is 0.143. The average molecular weight is 496 g/mol. The topological polar surface area (TPSA) is 159 Å². The summed E-state index contributed by atoms with van der Waals surface area (Å²) < 4.78 is 0. The third-order valence-corrected chi connectivity index (χ3v) is 6.21. The first kappa shape index (κ1) is 25.2. The number of nitro groups is 1. The summed E-state index contributed by atoms with van der Waals surface area (Å²) >= 11 is 1.25. The van der Waals surface area contributed by atoms with Crippen molar-refractivity contribution in [2.45, 2.75) is 23.5 Å². The van der Waals surface area contributed by atoms with Gasteiger partial charge < -0.3 is 20.8 Å². The maximum Gasteiger partial charge on any atom is 0.339 e. The van der Waals surface area contributed by atoms with Crippen LogP contribution < -0.4 is 10.6 Å². The van der Waals surface area contributed by atoms with Crippen molar-refractivity contribution in [1.29, 1.82) is 0 Å². The molecule has 0 aliphatic rings. The zero-order valence-corrected chi connectivity index (χ0v) is 19.2. The first-order valence-electron chi connectivity index (χ1n) is 10.4. The van der Waals surface area contributed by atoms with Gasteiger partial charge in [0, 0.05) is 34.0 Å². The summed E-state index contributed by atoms with van der Waals surface area (Å²) in [7, 11) is 0. The molecule has 0 saturated carbocycles. The molecule has 0 aliphatic carbocycles. The van der Waals surface area contributed by atoms with Crippen LogP contribution in [0.5, 0.6) is 5.75 Å². The SMILES string of the molecule is CCC(Sc1cccc(NC(=O)c2cccc([N+](=O)[O-])c2)c1)C(=O)Nc1ccc(O)c(C(=O)O)c1.